The quantitative estimate of drug-likeness (QED) is 0.625. The molecule has 0 aliphatic carbocycles. The molecular formula is C17H19NO3. The minimum atomic E-state index is 0.382. The van der Waals surface area contributed by atoms with Crippen LogP contribution in [0.15, 0.2) is 24.3 Å². The van der Waals surface area contributed by atoms with E-state index in [0.29, 0.717) is 30.4 Å². The number of hydrogen-bond donors (Lipinski definition) is 0. The molecule has 0 aliphatic rings. The lowest BCUT2D eigenvalue weighted by Crippen LogP contribution is -1.98. The van der Waals surface area contributed by atoms with E-state index in [2.05, 4.69) is 23.7 Å². The number of rotatable bonds is 5. The van der Waals surface area contributed by atoms with Gasteiger partial charge >= 0.3 is 0 Å². The van der Waals surface area contributed by atoms with E-state index in [4.69, 9.17) is 14.2 Å². The van der Waals surface area contributed by atoms with E-state index >= 15 is 0 Å². The van der Waals surface area contributed by atoms with Crippen molar-refractivity contribution < 1.29 is 14.2 Å². The third kappa shape index (κ3) is 3.45. The maximum Gasteiger partial charge on any atom is 0.233 e. The van der Waals surface area contributed by atoms with Gasteiger partial charge in [0.1, 0.15) is 17.9 Å². The number of pyridine rings is 1. The molecule has 0 saturated heterocycles. The van der Waals surface area contributed by atoms with Gasteiger partial charge in [-0.3, -0.25) is 0 Å². The molecule has 0 saturated carbocycles. The SMILES string of the molecule is CCCOCC#Cc1c(OC)nc2ccccc2c1OC. The van der Waals surface area contributed by atoms with Crippen LogP contribution in [-0.2, 0) is 4.74 Å². The molecule has 0 atom stereocenters. The molecule has 0 spiro atoms. The van der Waals surface area contributed by atoms with Gasteiger partial charge in [0.2, 0.25) is 5.88 Å². The molecule has 0 N–H and O–H groups in total. The highest BCUT2D eigenvalue weighted by Gasteiger charge is 2.14. The second-order valence-electron chi connectivity index (χ2n) is 4.40. The van der Waals surface area contributed by atoms with Crippen LogP contribution in [0.2, 0.25) is 0 Å². The molecule has 0 bridgehead atoms. The third-order valence-electron chi connectivity index (χ3n) is 2.95. The molecular weight excluding hydrogens is 266 g/mol. The van der Waals surface area contributed by atoms with Crippen LogP contribution in [-0.4, -0.2) is 32.4 Å². The molecule has 0 fully saturated rings. The van der Waals surface area contributed by atoms with Gasteiger partial charge in [0.05, 0.1) is 19.7 Å². The van der Waals surface area contributed by atoms with Crippen LogP contribution in [0, 0.1) is 11.8 Å². The lowest BCUT2D eigenvalue weighted by Gasteiger charge is -2.11. The summed E-state index contributed by atoms with van der Waals surface area (Å²) in [6.07, 6.45) is 0.978. The van der Waals surface area contributed by atoms with Gasteiger partial charge in [0.15, 0.2) is 0 Å². The van der Waals surface area contributed by atoms with Crippen LogP contribution in [0.3, 0.4) is 0 Å². The molecule has 0 radical (unpaired) electrons. The van der Waals surface area contributed by atoms with Crippen molar-refractivity contribution in [3.05, 3.63) is 29.8 Å². The summed E-state index contributed by atoms with van der Waals surface area (Å²) in [4.78, 5) is 4.47. The Labute approximate surface area is 125 Å². The second-order valence-corrected chi connectivity index (χ2v) is 4.40. The zero-order valence-electron chi connectivity index (χ0n) is 12.6. The first-order valence-corrected chi connectivity index (χ1v) is 6.89. The summed E-state index contributed by atoms with van der Waals surface area (Å²) in [6, 6.07) is 7.75. The van der Waals surface area contributed by atoms with Gasteiger partial charge < -0.3 is 14.2 Å². The summed E-state index contributed by atoms with van der Waals surface area (Å²) >= 11 is 0. The minimum Gasteiger partial charge on any atom is -0.495 e. The van der Waals surface area contributed by atoms with E-state index in [1.165, 1.54) is 0 Å². The molecule has 1 aromatic heterocycles. The van der Waals surface area contributed by atoms with Gasteiger partial charge in [0.25, 0.3) is 0 Å². The van der Waals surface area contributed by atoms with Crippen LogP contribution in [0.25, 0.3) is 10.9 Å². The first kappa shape index (κ1) is 15.1. The second kappa shape index (κ2) is 7.51. The first-order valence-electron chi connectivity index (χ1n) is 6.89. The maximum absolute atomic E-state index is 5.52. The van der Waals surface area contributed by atoms with Gasteiger partial charge in [-0.05, 0) is 18.6 Å². The van der Waals surface area contributed by atoms with Crippen LogP contribution in [0.4, 0.5) is 0 Å². The Hall–Kier alpha value is -2.25. The van der Waals surface area contributed by atoms with Crippen molar-refractivity contribution >= 4 is 10.9 Å². The molecule has 2 aromatic rings. The zero-order valence-corrected chi connectivity index (χ0v) is 12.6. The first-order chi connectivity index (χ1) is 10.3. The fraction of sp³-hybridized carbons (Fsp3) is 0.353. The zero-order chi connectivity index (χ0) is 15.1. The Morgan fingerprint density at radius 2 is 1.95 bits per heavy atom. The van der Waals surface area contributed by atoms with Gasteiger partial charge in [-0.25, -0.2) is 4.98 Å². The number of hydrogen-bond acceptors (Lipinski definition) is 4. The molecule has 2 rings (SSSR count). The fourth-order valence-corrected chi connectivity index (χ4v) is 2.02. The van der Waals surface area contributed by atoms with Crippen molar-refractivity contribution in [1.82, 2.24) is 4.98 Å². The molecule has 1 heterocycles. The number of benzene rings is 1. The highest BCUT2D eigenvalue weighted by Crippen LogP contribution is 2.33. The standard InChI is InChI=1S/C17H19NO3/c1-4-11-21-12-7-9-14-16(19-2)13-8-5-6-10-15(13)18-17(14)20-3/h5-6,8,10H,4,11-12H2,1-3H3. The largest absolute Gasteiger partial charge is 0.495 e. The van der Waals surface area contributed by atoms with Crippen LogP contribution < -0.4 is 9.47 Å². The molecule has 0 unspecified atom stereocenters. The van der Waals surface area contributed by atoms with Crippen LogP contribution in [0.1, 0.15) is 18.9 Å². The topological polar surface area (TPSA) is 40.6 Å². The Bertz CT molecular complexity index is 671. The molecule has 0 aliphatic heterocycles. The molecule has 4 nitrogen and oxygen atoms in total. The minimum absolute atomic E-state index is 0.382. The summed E-state index contributed by atoms with van der Waals surface area (Å²) in [5.41, 5.74) is 1.47. The highest BCUT2D eigenvalue weighted by atomic mass is 16.5. The smallest absolute Gasteiger partial charge is 0.233 e. The van der Waals surface area contributed by atoms with Crippen molar-refractivity contribution in [1.29, 1.82) is 0 Å². The van der Waals surface area contributed by atoms with E-state index < -0.39 is 0 Å². The normalized spacial score (nSPS) is 10.0. The predicted molar refractivity (Wildman–Crippen MR) is 82.8 cm³/mol. The monoisotopic (exact) mass is 285 g/mol. The summed E-state index contributed by atoms with van der Waals surface area (Å²) in [7, 11) is 3.20. The van der Waals surface area contributed by atoms with Gasteiger partial charge in [0, 0.05) is 12.0 Å². The predicted octanol–water partition coefficient (Wildman–Crippen LogP) is 3.03. The number of fused-ring (bicyclic) bond motifs is 1. The molecule has 21 heavy (non-hydrogen) atoms. The Morgan fingerprint density at radius 1 is 1.14 bits per heavy atom. The third-order valence-corrected chi connectivity index (χ3v) is 2.95. The summed E-state index contributed by atoms with van der Waals surface area (Å²) in [6.45, 7) is 3.15. The van der Waals surface area contributed by atoms with E-state index in [-0.39, 0.29) is 0 Å². The van der Waals surface area contributed by atoms with Crippen LogP contribution >= 0.6 is 0 Å². The van der Waals surface area contributed by atoms with Crippen molar-refractivity contribution in [2.75, 3.05) is 27.4 Å². The Kier molecular flexibility index (Phi) is 5.42. The molecule has 1 aromatic carbocycles. The Balaban J connectivity index is 2.44. The van der Waals surface area contributed by atoms with E-state index in [1.807, 2.05) is 24.3 Å². The van der Waals surface area contributed by atoms with E-state index in [0.717, 1.165) is 17.3 Å². The summed E-state index contributed by atoms with van der Waals surface area (Å²) < 4.78 is 16.2. The summed E-state index contributed by atoms with van der Waals surface area (Å²) in [5, 5.41) is 0.916. The van der Waals surface area contributed by atoms with E-state index in [1.54, 1.807) is 14.2 Å². The van der Waals surface area contributed by atoms with E-state index in [9.17, 15) is 0 Å². The number of nitrogens with zero attached hydrogens (tertiary/aromatic N) is 1. The number of ether oxygens (including phenoxy) is 3. The van der Waals surface area contributed by atoms with Crippen molar-refractivity contribution in [2.45, 2.75) is 13.3 Å². The number of methoxy groups -OCH3 is 2. The summed E-state index contributed by atoms with van der Waals surface area (Å²) in [5.74, 6) is 7.17. The molecule has 0 amide bonds. The van der Waals surface area contributed by atoms with Crippen molar-refractivity contribution in [3.63, 3.8) is 0 Å². The van der Waals surface area contributed by atoms with Crippen molar-refractivity contribution in [2.24, 2.45) is 0 Å². The Morgan fingerprint density at radius 3 is 2.67 bits per heavy atom. The number of aromatic nitrogens is 1. The van der Waals surface area contributed by atoms with Gasteiger partial charge in [-0.2, -0.15) is 0 Å². The average Bonchev–Trinajstić information content (AvgIpc) is 2.53. The maximum atomic E-state index is 5.52. The van der Waals surface area contributed by atoms with Gasteiger partial charge in [-0.1, -0.05) is 30.9 Å². The number of para-hydroxylation sites is 1. The average molecular weight is 285 g/mol. The van der Waals surface area contributed by atoms with Crippen LogP contribution in [0.5, 0.6) is 11.6 Å². The highest BCUT2D eigenvalue weighted by molar-refractivity contribution is 5.88. The molecule has 4 heteroatoms. The lowest BCUT2D eigenvalue weighted by molar-refractivity contribution is 0.168. The fourth-order valence-electron chi connectivity index (χ4n) is 2.02. The van der Waals surface area contributed by atoms with Gasteiger partial charge in [-0.15, -0.1) is 0 Å². The lowest BCUT2D eigenvalue weighted by atomic mass is 10.1. The van der Waals surface area contributed by atoms with Crippen molar-refractivity contribution in [3.8, 4) is 23.5 Å². The molecule has 110 valence electrons.